The number of esters is 2. The first-order valence-electron chi connectivity index (χ1n) is 20.7. The average Bonchev–Trinajstić information content (AvgIpc) is 3.17. The van der Waals surface area contributed by atoms with E-state index in [0.29, 0.717) is 57.4 Å². The molecule has 1 rings (SSSR count). The minimum Gasteiger partial charge on any atom is -0.461 e. The molecule has 10 heteroatoms. The maximum Gasteiger partial charge on any atom is 0.407 e. The Balaban J connectivity index is 2.62. The van der Waals surface area contributed by atoms with Gasteiger partial charge < -0.3 is 33.9 Å². The second-order valence-corrected chi connectivity index (χ2v) is 13.8. The van der Waals surface area contributed by atoms with Crippen LogP contribution in [0, 0.1) is 30.6 Å². The highest BCUT2D eigenvalue weighted by Crippen LogP contribution is 2.17. The van der Waals surface area contributed by atoms with Crippen LogP contribution in [0.3, 0.4) is 0 Å². The van der Waals surface area contributed by atoms with Crippen molar-refractivity contribution in [3.8, 4) is 23.7 Å². The van der Waals surface area contributed by atoms with Gasteiger partial charge >= 0.3 is 18.0 Å². The highest BCUT2D eigenvalue weighted by atomic mass is 16.7. The molecule has 0 spiro atoms. The number of hydrogen-bond donors (Lipinski definition) is 1. The molecule has 309 valence electrons. The predicted molar refractivity (Wildman–Crippen MR) is 219 cm³/mol. The van der Waals surface area contributed by atoms with Crippen molar-refractivity contribution in [2.45, 2.75) is 162 Å². The van der Waals surface area contributed by atoms with Crippen LogP contribution >= 0.6 is 0 Å². The first kappa shape index (κ1) is 49.4. The summed E-state index contributed by atoms with van der Waals surface area (Å²) in [4.78, 5) is 40.0. The van der Waals surface area contributed by atoms with E-state index in [4.69, 9.17) is 23.7 Å². The van der Waals surface area contributed by atoms with Crippen molar-refractivity contribution in [2.24, 2.45) is 0 Å². The molecule has 1 unspecified atom stereocenters. The molecule has 1 amide bonds. The van der Waals surface area contributed by atoms with Crippen LogP contribution in [0.25, 0.3) is 0 Å². The van der Waals surface area contributed by atoms with Crippen LogP contribution in [0.15, 0.2) is 18.2 Å². The Hall–Kier alpha value is -3.57. The van der Waals surface area contributed by atoms with E-state index in [1.54, 1.807) is 0 Å². The standard InChI is InChI=1S/C45H71N2O8/c1-7-11-14-17-19-22-31-51-44(52-32-23-20-18-15-12-8-2)28-27-43(49)54-37-40-34-38(5)33-39(35-40)36-53-42(48)26-25-41(24-21-16-13-9-3)55-45(50)46-29-30-47(6)10-4/h33-35,41,44H,5,7-16,21-32,36-37H2,1-4,6H3,(H,46,50). The van der Waals surface area contributed by atoms with Gasteiger partial charge in [0.2, 0.25) is 0 Å². The average molecular weight is 768 g/mol. The predicted octanol–water partition coefficient (Wildman–Crippen LogP) is 9.06. The summed E-state index contributed by atoms with van der Waals surface area (Å²) in [6, 6.07) is 5.51. The van der Waals surface area contributed by atoms with Crippen molar-refractivity contribution in [1.82, 2.24) is 10.2 Å². The molecule has 1 radical (unpaired) electrons. The van der Waals surface area contributed by atoms with E-state index in [0.717, 1.165) is 88.4 Å². The van der Waals surface area contributed by atoms with Crippen molar-refractivity contribution in [2.75, 3.05) is 39.9 Å². The molecule has 0 aromatic heterocycles. The smallest absolute Gasteiger partial charge is 0.407 e. The fourth-order valence-corrected chi connectivity index (χ4v) is 5.34. The van der Waals surface area contributed by atoms with E-state index in [2.05, 4.69) is 68.5 Å². The summed E-state index contributed by atoms with van der Waals surface area (Å²) < 4.78 is 28.7. The van der Waals surface area contributed by atoms with Gasteiger partial charge in [-0.1, -0.05) is 71.9 Å². The Morgan fingerprint density at radius 2 is 1.25 bits per heavy atom. The van der Waals surface area contributed by atoms with Gasteiger partial charge in [0.25, 0.3) is 0 Å². The van der Waals surface area contributed by atoms with Gasteiger partial charge in [0, 0.05) is 51.6 Å². The molecule has 1 aromatic carbocycles. The molecular weight excluding hydrogens is 697 g/mol. The third-order valence-corrected chi connectivity index (χ3v) is 8.74. The lowest BCUT2D eigenvalue weighted by Crippen LogP contribution is -2.35. The highest BCUT2D eigenvalue weighted by Gasteiger charge is 2.18. The number of benzene rings is 1. The Morgan fingerprint density at radius 3 is 1.80 bits per heavy atom. The second-order valence-electron chi connectivity index (χ2n) is 13.8. The summed E-state index contributed by atoms with van der Waals surface area (Å²) in [7, 11) is 1.99. The van der Waals surface area contributed by atoms with Crippen LogP contribution in [0.4, 0.5) is 4.79 Å². The van der Waals surface area contributed by atoms with E-state index < -0.39 is 12.4 Å². The van der Waals surface area contributed by atoms with E-state index in [1.807, 2.05) is 25.2 Å². The molecule has 1 aromatic rings. The van der Waals surface area contributed by atoms with Crippen LogP contribution in [0.2, 0.25) is 0 Å². The summed E-state index contributed by atoms with van der Waals surface area (Å²) in [6.07, 6.45) is 11.9. The molecule has 55 heavy (non-hydrogen) atoms. The maximum absolute atomic E-state index is 12.7. The number of carbonyl (C=O) groups excluding carboxylic acids is 3. The SMILES string of the molecule is [CH2]c1cc(COC(=O)CCC(CCCCCC)OC(=O)NCCN(C)CC)cc(COC(=O)CCC(OCCC#CCCCC)OCCC#CCCCC)c1. The molecule has 0 saturated carbocycles. The number of nitrogens with one attached hydrogen (secondary N) is 1. The zero-order chi connectivity index (χ0) is 40.4. The largest absolute Gasteiger partial charge is 0.461 e. The molecular formula is C45H71N2O8. The van der Waals surface area contributed by atoms with Crippen LogP contribution in [0.1, 0.15) is 154 Å². The number of nitrogens with zero attached hydrogens (tertiary/aromatic N) is 1. The van der Waals surface area contributed by atoms with E-state index in [-0.39, 0.29) is 44.1 Å². The van der Waals surface area contributed by atoms with Crippen molar-refractivity contribution in [3.63, 3.8) is 0 Å². The maximum atomic E-state index is 12.7. The number of carbonyl (C=O) groups is 3. The van der Waals surface area contributed by atoms with Crippen LogP contribution in [0.5, 0.6) is 0 Å². The normalized spacial score (nSPS) is 11.3. The third kappa shape index (κ3) is 28.5. The van der Waals surface area contributed by atoms with Gasteiger partial charge in [-0.25, -0.2) is 4.79 Å². The van der Waals surface area contributed by atoms with E-state index in [9.17, 15) is 14.4 Å². The van der Waals surface area contributed by atoms with Gasteiger partial charge in [-0.3, -0.25) is 9.59 Å². The van der Waals surface area contributed by atoms with Gasteiger partial charge in [-0.15, -0.1) is 23.7 Å². The summed E-state index contributed by atoms with van der Waals surface area (Å²) in [6.45, 7) is 15.6. The number of hydrogen-bond acceptors (Lipinski definition) is 9. The number of likely N-dealkylation sites (N-methyl/N-ethyl adjacent to an activating group) is 1. The molecule has 0 heterocycles. The van der Waals surface area contributed by atoms with Gasteiger partial charge in [0.1, 0.15) is 19.3 Å². The lowest BCUT2D eigenvalue weighted by molar-refractivity contribution is -0.158. The molecule has 1 N–H and O–H groups in total. The Bertz CT molecular complexity index is 1280. The highest BCUT2D eigenvalue weighted by molar-refractivity contribution is 5.70. The van der Waals surface area contributed by atoms with Gasteiger partial charge in [-0.05, 0) is 75.4 Å². The fourth-order valence-electron chi connectivity index (χ4n) is 5.34. The van der Waals surface area contributed by atoms with Crippen LogP contribution in [-0.2, 0) is 46.5 Å². The lowest BCUT2D eigenvalue weighted by atomic mass is 10.1. The number of rotatable bonds is 30. The van der Waals surface area contributed by atoms with E-state index in [1.165, 1.54) is 0 Å². The molecule has 0 aliphatic carbocycles. The summed E-state index contributed by atoms with van der Waals surface area (Å²) in [5.74, 6) is 11.9. The lowest BCUT2D eigenvalue weighted by Gasteiger charge is -2.19. The number of alkyl carbamates (subject to hydrolysis) is 1. The third-order valence-electron chi connectivity index (χ3n) is 8.74. The second kappa shape index (κ2) is 33.7. The number of ether oxygens (including phenoxy) is 5. The summed E-state index contributed by atoms with van der Waals surface area (Å²) >= 11 is 0. The quantitative estimate of drug-likeness (QED) is 0.0269. The molecule has 1 atom stereocenters. The van der Waals surface area contributed by atoms with Crippen molar-refractivity contribution < 1.29 is 38.1 Å². The molecule has 0 aliphatic heterocycles. The van der Waals surface area contributed by atoms with Gasteiger partial charge in [0.05, 0.1) is 19.6 Å². The van der Waals surface area contributed by atoms with Crippen molar-refractivity contribution >= 4 is 18.0 Å². The van der Waals surface area contributed by atoms with Crippen LogP contribution < -0.4 is 5.32 Å². The molecule has 10 nitrogen and oxygen atoms in total. The molecule has 0 fully saturated rings. The zero-order valence-corrected chi connectivity index (χ0v) is 34.8. The summed E-state index contributed by atoms with van der Waals surface area (Å²) in [5, 5.41) is 2.81. The topological polar surface area (TPSA) is 113 Å². The Morgan fingerprint density at radius 1 is 0.709 bits per heavy atom. The van der Waals surface area contributed by atoms with Gasteiger partial charge in [-0.2, -0.15) is 0 Å². The Labute approximate surface area is 333 Å². The summed E-state index contributed by atoms with van der Waals surface area (Å²) in [5.41, 5.74) is 2.21. The van der Waals surface area contributed by atoms with E-state index >= 15 is 0 Å². The van der Waals surface area contributed by atoms with Crippen LogP contribution in [-0.4, -0.2) is 75.2 Å². The molecule has 0 aliphatic rings. The minimum atomic E-state index is -0.551. The number of amides is 1. The number of unbranched alkanes of at least 4 members (excludes halogenated alkanes) is 7. The minimum absolute atomic E-state index is 0.0545. The van der Waals surface area contributed by atoms with Crippen molar-refractivity contribution in [1.29, 1.82) is 0 Å². The Kier molecular flexibility index (Phi) is 30.3. The monoisotopic (exact) mass is 768 g/mol. The zero-order valence-electron chi connectivity index (χ0n) is 34.8. The fraction of sp³-hybridized carbons (Fsp3) is 0.689. The molecule has 0 saturated heterocycles. The van der Waals surface area contributed by atoms with Gasteiger partial charge in [0.15, 0.2) is 6.29 Å². The molecule has 0 bridgehead atoms. The first-order chi connectivity index (χ1) is 26.7. The first-order valence-corrected chi connectivity index (χ1v) is 20.7. The van der Waals surface area contributed by atoms with Crippen molar-refractivity contribution in [3.05, 3.63) is 41.8 Å².